The Morgan fingerprint density at radius 1 is 0.400 bits per heavy atom. The molecule has 0 aliphatic carbocycles. The molecule has 6 rings (SSSR count). The van der Waals surface area contributed by atoms with E-state index < -0.39 is 0 Å². The van der Waals surface area contributed by atoms with E-state index in [1.54, 1.807) is 0 Å². The van der Waals surface area contributed by atoms with Gasteiger partial charge in [-0.25, -0.2) is 0 Å². The van der Waals surface area contributed by atoms with Crippen LogP contribution in [0.15, 0.2) is 116 Å². The summed E-state index contributed by atoms with van der Waals surface area (Å²) >= 11 is 0. The highest BCUT2D eigenvalue weighted by Crippen LogP contribution is 2.37. The molecule has 0 bridgehead atoms. The van der Waals surface area contributed by atoms with Crippen molar-refractivity contribution in [2.75, 3.05) is 0 Å². The average molecular weight is 381 g/mol. The van der Waals surface area contributed by atoms with Gasteiger partial charge in [0.1, 0.15) is 0 Å². The van der Waals surface area contributed by atoms with E-state index in [0.717, 1.165) is 0 Å². The minimum absolute atomic E-state index is 1.19. The Morgan fingerprint density at radius 3 is 1.63 bits per heavy atom. The van der Waals surface area contributed by atoms with Crippen LogP contribution in [0.3, 0.4) is 0 Å². The van der Waals surface area contributed by atoms with Gasteiger partial charge < -0.3 is 0 Å². The van der Waals surface area contributed by atoms with Crippen LogP contribution in [0.25, 0.3) is 54.6 Å². The van der Waals surface area contributed by atoms with Crippen molar-refractivity contribution in [3.8, 4) is 22.3 Å². The summed E-state index contributed by atoms with van der Waals surface area (Å²) in [5, 5.41) is 7.64. The van der Waals surface area contributed by atoms with Crippen LogP contribution in [0.4, 0.5) is 0 Å². The van der Waals surface area contributed by atoms with Crippen LogP contribution in [0.1, 0.15) is 0 Å². The minimum atomic E-state index is 1.19. The smallest absolute Gasteiger partial charge is 0.0273 e. The maximum atomic E-state index is 4.13. The van der Waals surface area contributed by atoms with E-state index in [1.165, 1.54) is 54.6 Å². The molecule has 0 N–H and O–H groups in total. The maximum absolute atomic E-state index is 4.13. The van der Waals surface area contributed by atoms with Gasteiger partial charge in [0.2, 0.25) is 0 Å². The van der Waals surface area contributed by atoms with Crippen molar-refractivity contribution < 1.29 is 0 Å². The lowest BCUT2D eigenvalue weighted by atomic mass is 9.90. The van der Waals surface area contributed by atoms with E-state index in [9.17, 15) is 0 Å². The molecule has 0 amide bonds. The third-order valence-corrected chi connectivity index (χ3v) is 5.91. The fraction of sp³-hybridized carbons (Fsp3) is 0. The zero-order chi connectivity index (χ0) is 19.9. The lowest BCUT2D eigenvalue weighted by Crippen LogP contribution is -1.86. The Hall–Kier alpha value is -3.97. The molecule has 0 saturated carbocycles. The average Bonchev–Trinajstić information content (AvgIpc) is 2.82. The molecule has 5 aromatic carbocycles. The maximum Gasteiger partial charge on any atom is 0.0273 e. The van der Waals surface area contributed by atoms with Gasteiger partial charge in [0.25, 0.3) is 0 Å². The van der Waals surface area contributed by atoms with Crippen LogP contribution in [0.2, 0.25) is 0 Å². The molecule has 0 spiro atoms. The summed E-state index contributed by atoms with van der Waals surface area (Å²) in [6.07, 6.45) is 3.68. The Morgan fingerprint density at radius 2 is 0.967 bits per heavy atom. The van der Waals surface area contributed by atoms with E-state index in [0.29, 0.717) is 0 Å². The minimum Gasteiger partial charge on any atom is -0.265 e. The van der Waals surface area contributed by atoms with Crippen LogP contribution in [0, 0.1) is 0 Å². The molecule has 0 atom stereocenters. The lowest BCUT2D eigenvalue weighted by molar-refractivity contribution is 1.33. The molecule has 1 heteroatoms. The van der Waals surface area contributed by atoms with Gasteiger partial charge in [-0.3, -0.25) is 4.98 Å². The highest BCUT2D eigenvalue weighted by molar-refractivity contribution is 6.13. The van der Waals surface area contributed by atoms with Gasteiger partial charge in [0.15, 0.2) is 0 Å². The van der Waals surface area contributed by atoms with Crippen molar-refractivity contribution in [3.05, 3.63) is 116 Å². The number of hydrogen-bond acceptors (Lipinski definition) is 1. The first-order chi connectivity index (χ1) is 14.9. The van der Waals surface area contributed by atoms with Crippen molar-refractivity contribution in [2.45, 2.75) is 0 Å². The Labute approximate surface area is 175 Å². The number of nitrogens with zero attached hydrogens (tertiary/aromatic N) is 1. The second-order valence-corrected chi connectivity index (χ2v) is 7.71. The molecule has 0 aliphatic heterocycles. The SMILES string of the molecule is c1ccc2c(-c3ccc4cc(-c5ccncc5)ccc4c3)c3ccccc3cc2c1. The predicted octanol–water partition coefficient (Wildman–Crippen LogP) is 7.88. The molecule has 0 saturated heterocycles. The number of aromatic nitrogens is 1. The summed E-state index contributed by atoms with van der Waals surface area (Å²) in [5.74, 6) is 0. The topological polar surface area (TPSA) is 12.9 Å². The molecule has 0 aliphatic rings. The summed E-state index contributed by atoms with van der Waals surface area (Å²) in [6.45, 7) is 0. The van der Waals surface area contributed by atoms with Gasteiger partial charge in [-0.2, -0.15) is 0 Å². The molecule has 1 aromatic heterocycles. The van der Waals surface area contributed by atoms with Crippen molar-refractivity contribution in [1.29, 1.82) is 0 Å². The van der Waals surface area contributed by atoms with Gasteiger partial charge in [-0.1, -0.05) is 72.8 Å². The van der Waals surface area contributed by atoms with Gasteiger partial charge in [0, 0.05) is 12.4 Å². The summed E-state index contributed by atoms with van der Waals surface area (Å²) in [6, 6.07) is 37.2. The largest absolute Gasteiger partial charge is 0.265 e. The summed E-state index contributed by atoms with van der Waals surface area (Å²) in [5.41, 5.74) is 4.97. The standard InChI is InChI=1S/C29H19N/c1-3-7-27-24(5-1)19-25-6-2-4-8-28(25)29(27)26-12-11-22-17-21(9-10-23(22)18-26)20-13-15-30-16-14-20/h1-19H. The van der Waals surface area contributed by atoms with Crippen molar-refractivity contribution >= 4 is 32.3 Å². The number of pyridine rings is 1. The molecular weight excluding hydrogens is 362 g/mol. The zero-order valence-corrected chi connectivity index (χ0v) is 16.4. The third-order valence-electron chi connectivity index (χ3n) is 5.91. The van der Waals surface area contributed by atoms with Gasteiger partial charge in [-0.15, -0.1) is 0 Å². The third kappa shape index (κ3) is 2.75. The zero-order valence-electron chi connectivity index (χ0n) is 16.4. The van der Waals surface area contributed by atoms with Crippen LogP contribution in [-0.2, 0) is 0 Å². The first-order valence-corrected chi connectivity index (χ1v) is 10.2. The first-order valence-electron chi connectivity index (χ1n) is 10.2. The highest BCUT2D eigenvalue weighted by atomic mass is 14.6. The van der Waals surface area contributed by atoms with Crippen LogP contribution in [0.5, 0.6) is 0 Å². The molecule has 0 radical (unpaired) electrons. The van der Waals surface area contributed by atoms with E-state index in [2.05, 4.69) is 108 Å². The predicted molar refractivity (Wildman–Crippen MR) is 128 cm³/mol. The van der Waals surface area contributed by atoms with E-state index in [-0.39, 0.29) is 0 Å². The molecule has 1 nitrogen and oxygen atoms in total. The molecular formula is C29H19N. The number of rotatable bonds is 2. The summed E-state index contributed by atoms with van der Waals surface area (Å²) < 4.78 is 0. The lowest BCUT2D eigenvalue weighted by Gasteiger charge is -2.13. The first kappa shape index (κ1) is 16.9. The van der Waals surface area contributed by atoms with Crippen LogP contribution in [-0.4, -0.2) is 4.98 Å². The fourth-order valence-electron chi connectivity index (χ4n) is 4.45. The number of benzene rings is 5. The van der Waals surface area contributed by atoms with Crippen LogP contribution >= 0.6 is 0 Å². The van der Waals surface area contributed by atoms with Crippen molar-refractivity contribution in [3.63, 3.8) is 0 Å². The number of fused-ring (bicyclic) bond motifs is 3. The molecule has 1 heterocycles. The molecule has 6 aromatic rings. The normalized spacial score (nSPS) is 11.3. The molecule has 0 unspecified atom stereocenters. The Balaban J connectivity index is 1.59. The molecule has 30 heavy (non-hydrogen) atoms. The monoisotopic (exact) mass is 381 g/mol. The molecule has 140 valence electrons. The van der Waals surface area contributed by atoms with Gasteiger partial charge >= 0.3 is 0 Å². The highest BCUT2D eigenvalue weighted by Gasteiger charge is 2.10. The second kappa shape index (κ2) is 6.82. The van der Waals surface area contributed by atoms with Gasteiger partial charge in [-0.05, 0) is 84.9 Å². The van der Waals surface area contributed by atoms with E-state index in [1.807, 2.05) is 12.4 Å². The van der Waals surface area contributed by atoms with Crippen LogP contribution < -0.4 is 0 Å². The van der Waals surface area contributed by atoms with Gasteiger partial charge in [0.05, 0.1) is 0 Å². The number of hydrogen-bond donors (Lipinski definition) is 0. The Bertz CT molecular complexity index is 1480. The summed E-state index contributed by atoms with van der Waals surface area (Å²) in [4.78, 5) is 4.13. The van der Waals surface area contributed by atoms with Crippen molar-refractivity contribution in [2.24, 2.45) is 0 Å². The quantitative estimate of drug-likeness (QED) is 0.278. The Kier molecular flexibility index (Phi) is 3.85. The van der Waals surface area contributed by atoms with E-state index >= 15 is 0 Å². The van der Waals surface area contributed by atoms with Crippen molar-refractivity contribution in [1.82, 2.24) is 4.98 Å². The summed E-state index contributed by atoms with van der Waals surface area (Å²) in [7, 11) is 0. The van der Waals surface area contributed by atoms with E-state index in [4.69, 9.17) is 0 Å². The molecule has 0 fully saturated rings. The second-order valence-electron chi connectivity index (χ2n) is 7.71. The fourth-order valence-corrected chi connectivity index (χ4v) is 4.45.